The fraction of sp³-hybridized carbons (Fsp3) is 0.615. The van der Waals surface area contributed by atoms with Crippen molar-refractivity contribution in [2.45, 2.75) is 52.2 Å². The Morgan fingerprint density at radius 1 is 1.33 bits per heavy atom. The zero-order valence-electron chi connectivity index (χ0n) is 9.99. The van der Waals surface area contributed by atoms with E-state index in [-0.39, 0.29) is 5.60 Å². The third kappa shape index (κ3) is 4.93. The Morgan fingerprint density at radius 3 is 2.73 bits per heavy atom. The molecule has 1 heterocycles. The lowest BCUT2D eigenvalue weighted by molar-refractivity contribution is -0.0375. The maximum absolute atomic E-state index is 5.86. The van der Waals surface area contributed by atoms with Crippen LogP contribution in [0.2, 0.25) is 0 Å². The highest BCUT2D eigenvalue weighted by Crippen LogP contribution is 2.19. The van der Waals surface area contributed by atoms with Gasteiger partial charge < -0.3 is 4.74 Å². The van der Waals surface area contributed by atoms with Crippen LogP contribution in [0.1, 0.15) is 45.7 Å². The Morgan fingerprint density at radius 2 is 2.13 bits per heavy atom. The Balaban J connectivity index is 2.35. The van der Waals surface area contributed by atoms with Crippen molar-refractivity contribution in [3.8, 4) is 0 Å². The molecule has 0 bridgehead atoms. The first kappa shape index (κ1) is 12.2. The van der Waals surface area contributed by atoms with Gasteiger partial charge in [0, 0.05) is 6.20 Å². The van der Waals surface area contributed by atoms with Crippen LogP contribution in [0, 0.1) is 0 Å². The standard InChI is InChI=1S/C13H21NO/c1-4-5-9-13(2,3)15-11-12-8-6-7-10-14-12/h6-8,10H,4-5,9,11H2,1-3H3. The fourth-order valence-electron chi connectivity index (χ4n) is 1.43. The summed E-state index contributed by atoms with van der Waals surface area (Å²) in [5, 5.41) is 0. The van der Waals surface area contributed by atoms with Crippen molar-refractivity contribution in [1.82, 2.24) is 4.98 Å². The first-order chi connectivity index (χ1) is 7.14. The molecule has 0 saturated carbocycles. The molecule has 1 aromatic rings. The zero-order valence-corrected chi connectivity index (χ0v) is 9.99. The van der Waals surface area contributed by atoms with Gasteiger partial charge in [-0.1, -0.05) is 25.8 Å². The Kier molecular flexibility index (Phi) is 4.76. The summed E-state index contributed by atoms with van der Waals surface area (Å²) in [6, 6.07) is 5.91. The molecule has 0 aliphatic carbocycles. The first-order valence-corrected chi connectivity index (χ1v) is 5.68. The second kappa shape index (κ2) is 5.86. The maximum atomic E-state index is 5.86. The lowest BCUT2D eigenvalue weighted by Gasteiger charge is -2.24. The molecule has 0 atom stereocenters. The van der Waals surface area contributed by atoms with E-state index in [4.69, 9.17) is 4.74 Å². The smallest absolute Gasteiger partial charge is 0.0895 e. The molecule has 15 heavy (non-hydrogen) atoms. The summed E-state index contributed by atoms with van der Waals surface area (Å²) in [6.07, 6.45) is 5.35. The van der Waals surface area contributed by atoms with E-state index in [0.717, 1.165) is 12.1 Å². The van der Waals surface area contributed by atoms with Crippen LogP contribution in [0.3, 0.4) is 0 Å². The third-order valence-corrected chi connectivity index (χ3v) is 2.47. The normalized spacial score (nSPS) is 11.7. The van der Waals surface area contributed by atoms with Gasteiger partial charge in [-0.3, -0.25) is 4.98 Å². The van der Waals surface area contributed by atoms with Crippen molar-refractivity contribution in [2.24, 2.45) is 0 Å². The van der Waals surface area contributed by atoms with Crippen LogP contribution in [0.15, 0.2) is 24.4 Å². The maximum Gasteiger partial charge on any atom is 0.0895 e. The molecule has 1 aromatic heterocycles. The lowest BCUT2D eigenvalue weighted by atomic mass is 10.0. The van der Waals surface area contributed by atoms with E-state index in [0.29, 0.717) is 6.61 Å². The monoisotopic (exact) mass is 207 g/mol. The van der Waals surface area contributed by atoms with Gasteiger partial charge in [0.15, 0.2) is 0 Å². The van der Waals surface area contributed by atoms with Gasteiger partial charge >= 0.3 is 0 Å². The van der Waals surface area contributed by atoms with Crippen LogP contribution in [0.4, 0.5) is 0 Å². The van der Waals surface area contributed by atoms with Crippen LogP contribution < -0.4 is 0 Å². The number of ether oxygens (including phenoxy) is 1. The minimum absolute atomic E-state index is 0.0342. The average molecular weight is 207 g/mol. The first-order valence-electron chi connectivity index (χ1n) is 5.68. The number of pyridine rings is 1. The Hall–Kier alpha value is -0.890. The quantitative estimate of drug-likeness (QED) is 0.711. The second-order valence-corrected chi connectivity index (χ2v) is 4.47. The van der Waals surface area contributed by atoms with Crippen LogP contribution in [-0.2, 0) is 11.3 Å². The van der Waals surface area contributed by atoms with Crippen LogP contribution in [0.5, 0.6) is 0 Å². The SMILES string of the molecule is CCCCC(C)(C)OCc1ccccn1. The molecule has 0 unspecified atom stereocenters. The van der Waals surface area contributed by atoms with Gasteiger partial charge in [0.2, 0.25) is 0 Å². The van der Waals surface area contributed by atoms with Crippen molar-refractivity contribution in [2.75, 3.05) is 0 Å². The van der Waals surface area contributed by atoms with Crippen molar-refractivity contribution in [1.29, 1.82) is 0 Å². The van der Waals surface area contributed by atoms with Gasteiger partial charge in [-0.2, -0.15) is 0 Å². The van der Waals surface area contributed by atoms with E-state index in [2.05, 4.69) is 25.8 Å². The highest BCUT2D eigenvalue weighted by Gasteiger charge is 2.17. The molecule has 0 fully saturated rings. The molecule has 2 nitrogen and oxygen atoms in total. The van der Waals surface area contributed by atoms with E-state index in [9.17, 15) is 0 Å². The highest BCUT2D eigenvalue weighted by molar-refractivity contribution is 5.02. The van der Waals surface area contributed by atoms with E-state index >= 15 is 0 Å². The molecule has 84 valence electrons. The molecule has 0 saturated heterocycles. The van der Waals surface area contributed by atoms with Gasteiger partial charge in [0.1, 0.15) is 0 Å². The van der Waals surface area contributed by atoms with Crippen LogP contribution in [0.25, 0.3) is 0 Å². The minimum atomic E-state index is -0.0342. The van der Waals surface area contributed by atoms with Gasteiger partial charge in [0.05, 0.1) is 17.9 Å². The molecule has 0 N–H and O–H groups in total. The molecule has 0 aliphatic rings. The van der Waals surface area contributed by atoms with Gasteiger partial charge in [-0.05, 0) is 32.4 Å². The lowest BCUT2D eigenvalue weighted by Crippen LogP contribution is -2.24. The van der Waals surface area contributed by atoms with E-state index in [1.165, 1.54) is 12.8 Å². The number of nitrogens with zero attached hydrogens (tertiary/aromatic N) is 1. The van der Waals surface area contributed by atoms with E-state index in [1.807, 2.05) is 18.2 Å². The Labute approximate surface area is 92.7 Å². The van der Waals surface area contributed by atoms with Gasteiger partial charge in [-0.15, -0.1) is 0 Å². The van der Waals surface area contributed by atoms with Crippen molar-refractivity contribution >= 4 is 0 Å². The van der Waals surface area contributed by atoms with Gasteiger partial charge in [-0.25, -0.2) is 0 Å². The molecule has 1 rings (SSSR count). The van der Waals surface area contributed by atoms with Crippen molar-refractivity contribution in [3.63, 3.8) is 0 Å². The zero-order chi connectivity index (χ0) is 11.1. The summed E-state index contributed by atoms with van der Waals surface area (Å²) in [5.74, 6) is 0. The molecule has 0 spiro atoms. The second-order valence-electron chi connectivity index (χ2n) is 4.47. The van der Waals surface area contributed by atoms with Crippen LogP contribution >= 0.6 is 0 Å². The fourth-order valence-corrected chi connectivity index (χ4v) is 1.43. The van der Waals surface area contributed by atoms with E-state index in [1.54, 1.807) is 6.20 Å². The number of unbranched alkanes of at least 4 members (excludes halogenated alkanes) is 1. The van der Waals surface area contributed by atoms with E-state index < -0.39 is 0 Å². The van der Waals surface area contributed by atoms with Crippen molar-refractivity contribution < 1.29 is 4.74 Å². The number of hydrogen-bond donors (Lipinski definition) is 0. The largest absolute Gasteiger partial charge is 0.369 e. The Bertz CT molecular complexity index is 269. The summed E-state index contributed by atoms with van der Waals surface area (Å²) in [4.78, 5) is 4.24. The predicted octanol–water partition coefficient (Wildman–Crippen LogP) is 3.57. The van der Waals surface area contributed by atoms with Gasteiger partial charge in [0.25, 0.3) is 0 Å². The molecular formula is C13H21NO. The predicted molar refractivity (Wildman–Crippen MR) is 62.6 cm³/mol. The molecular weight excluding hydrogens is 186 g/mol. The molecule has 0 aromatic carbocycles. The summed E-state index contributed by atoms with van der Waals surface area (Å²) >= 11 is 0. The van der Waals surface area contributed by atoms with Crippen LogP contribution in [-0.4, -0.2) is 10.6 Å². The molecule has 2 heteroatoms. The van der Waals surface area contributed by atoms with Crippen molar-refractivity contribution in [3.05, 3.63) is 30.1 Å². The summed E-state index contributed by atoms with van der Waals surface area (Å²) < 4.78 is 5.86. The molecule has 0 radical (unpaired) electrons. The highest BCUT2D eigenvalue weighted by atomic mass is 16.5. The minimum Gasteiger partial charge on any atom is -0.369 e. The topological polar surface area (TPSA) is 22.1 Å². The number of rotatable bonds is 6. The summed E-state index contributed by atoms with van der Waals surface area (Å²) in [5.41, 5.74) is 0.968. The molecule has 0 amide bonds. The average Bonchev–Trinajstić information content (AvgIpc) is 2.25. The summed E-state index contributed by atoms with van der Waals surface area (Å²) in [6.45, 7) is 7.10. The number of aromatic nitrogens is 1. The third-order valence-electron chi connectivity index (χ3n) is 2.47. The number of hydrogen-bond acceptors (Lipinski definition) is 2. The molecule has 0 aliphatic heterocycles. The summed E-state index contributed by atoms with van der Waals surface area (Å²) in [7, 11) is 0.